The van der Waals surface area contributed by atoms with E-state index in [-0.39, 0.29) is 11.3 Å². The molecule has 0 fully saturated rings. The summed E-state index contributed by atoms with van der Waals surface area (Å²) in [6.45, 7) is 4.06. The molecule has 1 unspecified atom stereocenters. The third kappa shape index (κ3) is 1.54. The Hall–Kier alpha value is -1.31. The smallest absolute Gasteiger partial charge is 0.307 e. The lowest BCUT2D eigenvalue weighted by Gasteiger charge is -2.37. The molecule has 0 amide bonds. The maximum Gasteiger partial charge on any atom is 0.307 e. The monoisotopic (exact) mass is 204 g/mol. The van der Waals surface area contributed by atoms with Crippen molar-refractivity contribution in [2.24, 2.45) is 5.92 Å². The lowest BCUT2D eigenvalue weighted by atomic mass is 9.65. The van der Waals surface area contributed by atoms with E-state index in [1.807, 2.05) is 26.0 Å². The van der Waals surface area contributed by atoms with Crippen LogP contribution in [0.5, 0.6) is 0 Å². The number of carboxylic acid groups (broad SMARTS) is 1. The van der Waals surface area contributed by atoms with Crippen LogP contribution in [0.4, 0.5) is 0 Å². The van der Waals surface area contributed by atoms with Gasteiger partial charge in [0, 0.05) is 5.41 Å². The molecule has 0 heterocycles. The third-order valence-corrected chi connectivity index (χ3v) is 3.58. The highest BCUT2D eigenvalue weighted by atomic mass is 16.4. The van der Waals surface area contributed by atoms with E-state index in [2.05, 4.69) is 12.1 Å². The largest absolute Gasteiger partial charge is 0.481 e. The molecule has 0 bridgehead atoms. The molecule has 2 heteroatoms. The van der Waals surface area contributed by atoms with Crippen molar-refractivity contribution in [2.75, 3.05) is 0 Å². The van der Waals surface area contributed by atoms with Crippen LogP contribution in [0.25, 0.3) is 0 Å². The number of aliphatic carboxylic acids is 1. The number of carbonyl (C=O) groups is 1. The Morgan fingerprint density at radius 2 is 2.07 bits per heavy atom. The second-order valence-corrected chi connectivity index (χ2v) is 4.81. The average molecular weight is 204 g/mol. The summed E-state index contributed by atoms with van der Waals surface area (Å²) >= 11 is 0. The van der Waals surface area contributed by atoms with E-state index in [9.17, 15) is 9.90 Å². The van der Waals surface area contributed by atoms with Gasteiger partial charge in [-0.2, -0.15) is 0 Å². The van der Waals surface area contributed by atoms with Gasteiger partial charge in [-0.25, -0.2) is 0 Å². The summed E-state index contributed by atoms with van der Waals surface area (Å²) in [6.07, 6.45) is 1.63. The molecule has 0 radical (unpaired) electrons. The molecule has 2 nitrogen and oxygen atoms in total. The maximum atomic E-state index is 11.2. The van der Waals surface area contributed by atoms with Crippen LogP contribution < -0.4 is 0 Å². The first-order valence-electron chi connectivity index (χ1n) is 5.34. The van der Waals surface area contributed by atoms with Crippen molar-refractivity contribution in [2.45, 2.75) is 32.1 Å². The standard InChI is InChI=1S/C13H16O2/c1-13(2)10-6-4-3-5-9(10)7-8-11(13)12(14)15/h3-6,11H,7-8H2,1-2H3,(H,14,15). The van der Waals surface area contributed by atoms with Crippen LogP contribution in [-0.2, 0) is 16.6 Å². The van der Waals surface area contributed by atoms with E-state index in [1.165, 1.54) is 11.1 Å². The van der Waals surface area contributed by atoms with Gasteiger partial charge in [-0.15, -0.1) is 0 Å². The number of hydrogen-bond acceptors (Lipinski definition) is 1. The van der Waals surface area contributed by atoms with Crippen molar-refractivity contribution in [3.63, 3.8) is 0 Å². The molecule has 1 N–H and O–H groups in total. The van der Waals surface area contributed by atoms with Crippen LogP contribution in [0.1, 0.15) is 31.4 Å². The van der Waals surface area contributed by atoms with Crippen LogP contribution in [-0.4, -0.2) is 11.1 Å². The molecular formula is C13H16O2. The molecule has 2 rings (SSSR count). The van der Waals surface area contributed by atoms with Gasteiger partial charge in [0.2, 0.25) is 0 Å². The molecule has 0 aliphatic heterocycles. The van der Waals surface area contributed by atoms with Crippen molar-refractivity contribution >= 4 is 5.97 Å². The van der Waals surface area contributed by atoms with E-state index >= 15 is 0 Å². The molecule has 0 aromatic heterocycles. The summed E-state index contributed by atoms with van der Waals surface area (Å²) < 4.78 is 0. The summed E-state index contributed by atoms with van der Waals surface area (Å²) in [4.78, 5) is 11.2. The quantitative estimate of drug-likeness (QED) is 0.763. The second kappa shape index (κ2) is 3.37. The van der Waals surface area contributed by atoms with E-state index in [0.717, 1.165) is 12.8 Å². The van der Waals surface area contributed by atoms with E-state index in [0.29, 0.717) is 0 Å². The second-order valence-electron chi connectivity index (χ2n) is 4.81. The topological polar surface area (TPSA) is 37.3 Å². The molecule has 0 saturated carbocycles. The number of benzene rings is 1. The van der Waals surface area contributed by atoms with Crippen molar-refractivity contribution < 1.29 is 9.90 Å². The van der Waals surface area contributed by atoms with E-state index < -0.39 is 5.97 Å². The Balaban J connectivity index is 2.49. The van der Waals surface area contributed by atoms with Gasteiger partial charge in [0.1, 0.15) is 0 Å². The molecule has 1 aromatic rings. The van der Waals surface area contributed by atoms with Gasteiger partial charge >= 0.3 is 5.97 Å². The van der Waals surface area contributed by atoms with Crippen LogP contribution in [0.2, 0.25) is 0 Å². The SMILES string of the molecule is CC1(C)c2ccccc2CCC1C(=O)O. The highest BCUT2D eigenvalue weighted by molar-refractivity contribution is 5.73. The lowest BCUT2D eigenvalue weighted by Crippen LogP contribution is -2.38. The average Bonchev–Trinajstić information content (AvgIpc) is 2.17. The fraction of sp³-hybridized carbons (Fsp3) is 0.462. The molecule has 1 aliphatic carbocycles. The maximum absolute atomic E-state index is 11.2. The van der Waals surface area contributed by atoms with Crippen molar-refractivity contribution in [1.29, 1.82) is 0 Å². The Kier molecular flexibility index (Phi) is 2.29. The zero-order valence-electron chi connectivity index (χ0n) is 9.16. The Labute approximate surface area is 89.9 Å². The molecular weight excluding hydrogens is 188 g/mol. The highest BCUT2D eigenvalue weighted by Crippen LogP contribution is 2.41. The van der Waals surface area contributed by atoms with Crippen LogP contribution in [0, 0.1) is 5.92 Å². The minimum Gasteiger partial charge on any atom is -0.481 e. The first-order valence-corrected chi connectivity index (χ1v) is 5.34. The van der Waals surface area contributed by atoms with Gasteiger partial charge in [-0.3, -0.25) is 4.79 Å². The molecule has 0 saturated heterocycles. The molecule has 1 aromatic carbocycles. The zero-order chi connectivity index (χ0) is 11.1. The van der Waals surface area contributed by atoms with E-state index in [4.69, 9.17) is 0 Å². The fourth-order valence-electron chi connectivity index (χ4n) is 2.65. The van der Waals surface area contributed by atoms with Gasteiger partial charge in [-0.1, -0.05) is 38.1 Å². The van der Waals surface area contributed by atoms with Gasteiger partial charge in [-0.05, 0) is 24.0 Å². The third-order valence-electron chi connectivity index (χ3n) is 3.58. The van der Waals surface area contributed by atoms with Crippen molar-refractivity contribution in [3.05, 3.63) is 35.4 Å². The lowest BCUT2D eigenvalue weighted by molar-refractivity contribution is -0.144. The zero-order valence-corrected chi connectivity index (χ0v) is 9.16. The van der Waals surface area contributed by atoms with E-state index in [1.54, 1.807) is 0 Å². The van der Waals surface area contributed by atoms with Crippen LogP contribution in [0.15, 0.2) is 24.3 Å². The molecule has 1 aliphatic rings. The molecule has 0 spiro atoms. The van der Waals surface area contributed by atoms with Crippen LogP contribution in [0.3, 0.4) is 0 Å². The van der Waals surface area contributed by atoms with Gasteiger partial charge in [0.25, 0.3) is 0 Å². The van der Waals surface area contributed by atoms with Gasteiger partial charge in [0.05, 0.1) is 5.92 Å². The number of aryl methyl sites for hydroxylation is 1. The summed E-state index contributed by atoms with van der Waals surface area (Å²) in [5, 5.41) is 9.20. The number of fused-ring (bicyclic) bond motifs is 1. The molecule has 1 atom stereocenters. The van der Waals surface area contributed by atoms with Crippen molar-refractivity contribution in [1.82, 2.24) is 0 Å². The van der Waals surface area contributed by atoms with Crippen molar-refractivity contribution in [3.8, 4) is 0 Å². The number of hydrogen-bond donors (Lipinski definition) is 1. The fourth-order valence-corrected chi connectivity index (χ4v) is 2.65. The number of carboxylic acids is 1. The predicted octanol–water partition coefficient (Wildman–Crippen LogP) is 2.61. The van der Waals surface area contributed by atoms with Crippen LogP contribution >= 0.6 is 0 Å². The molecule has 15 heavy (non-hydrogen) atoms. The normalized spacial score (nSPS) is 23.2. The molecule has 80 valence electrons. The van der Waals surface area contributed by atoms with Gasteiger partial charge < -0.3 is 5.11 Å². The summed E-state index contributed by atoms with van der Waals surface area (Å²) in [5.74, 6) is -0.929. The summed E-state index contributed by atoms with van der Waals surface area (Å²) in [5.41, 5.74) is 2.25. The summed E-state index contributed by atoms with van der Waals surface area (Å²) in [6, 6.07) is 8.18. The predicted molar refractivity (Wildman–Crippen MR) is 58.9 cm³/mol. The van der Waals surface area contributed by atoms with Gasteiger partial charge in [0.15, 0.2) is 0 Å². The summed E-state index contributed by atoms with van der Waals surface area (Å²) in [7, 11) is 0. The first kappa shape index (κ1) is 10.2. The highest BCUT2D eigenvalue weighted by Gasteiger charge is 2.40. The Bertz CT molecular complexity index is 393. The Morgan fingerprint density at radius 1 is 1.40 bits per heavy atom. The minimum atomic E-state index is -0.672. The minimum absolute atomic E-state index is 0.249. The Morgan fingerprint density at radius 3 is 2.73 bits per heavy atom. The number of rotatable bonds is 1. The first-order chi connectivity index (χ1) is 7.03.